The average Bonchev–Trinajstić information content (AvgIpc) is 2.89. The first-order chi connectivity index (χ1) is 18.1. The van der Waals surface area contributed by atoms with Gasteiger partial charge in [0.2, 0.25) is 5.91 Å². The number of nitrogens with one attached hydrogen (secondary N) is 2. The Balaban J connectivity index is 2.27. The molecule has 15 nitrogen and oxygen atoms in total. The van der Waals surface area contributed by atoms with Gasteiger partial charge in [0, 0.05) is 19.4 Å². The van der Waals surface area contributed by atoms with Crippen LogP contribution >= 0.6 is 12.6 Å². The lowest BCUT2D eigenvalue weighted by Crippen LogP contribution is -2.68. The summed E-state index contributed by atoms with van der Waals surface area (Å²) in [5.74, 6) is -1.88. The van der Waals surface area contributed by atoms with Gasteiger partial charge in [-0.05, 0) is 12.7 Å². The third kappa shape index (κ3) is 8.45. The highest BCUT2D eigenvalue weighted by Crippen LogP contribution is 2.31. The van der Waals surface area contributed by atoms with Crippen molar-refractivity contribution in [2.75, 3.05) is 39.3 Å². The molecule has 2 fully saturated rings. The predicted octanol–water partition coefficient (Wildman–Crippen LogP) is -2.88. The fraction of sp³-hybridized carbons (Fsp3) is 0.864. The number of carbonyl (C=O) groups excluding carboxylic acids is 1. The van der Waals surface area contributed by atoms with Gasteiger partial charge < -0.3 is 59.3 Å². The molecule has 2 heterocycles. The number of ether oxygens (including phenoxy) is 6. The Morgan fingerprint density at radius 2 is 1.76 bits per heavy atom. The molecule has 16 heteroatoms. The number of aliphatic carboxylic acids is 1. The molecule has 0 saturated carbocycles. The molecule has 0 aromatic carbocycles. The monoisotopic (exact) mass is 570 g/mol. The van der Waals surface area contributed by atoms with Gasteiger partial charge >= 0.3 is 5.97 Å². The standard InChI is InChI=1S/C22H38N2O13S/c1-10-19(34-7-15(28)29)18(31)21(13(5-26)35-10)37-22-16(17(30)20(32-2)12(4-25)36-22)24-14(27)3-11(8-38)6-33-9-23/h9-13,16-23,25-26,30-31,38H,3-8H2,1-2H3,(H,24,27)(H,28,29). The van der Waals surface area contributed by atoms with Crippen LogP contribution in [0, 0.1) is 11.3 Å². The molecule has 38 heavy (non-hydrogen) atoms. The molecule has 2 saturated heterocycles. The summed E-state index contributed by atoms with van der Waals surface area (Å²) >= 11 is 4.19. The van der Waals surface area contributed by atoms with Gasteiger partial charge in [-0.1, -0.05) is 0 Å². The maximum absolute atomic E-state index is 12.8. The number of hydrogen-bond acceptors (Lipinski definition) is 14. The van der Waals surface area contributed by atoms with Crippen LogP contribution in [0.15, 0.2) is 0 Å². The van der Waals surface area contributed by atoms with Crippen LogP contribution in [-0.4, -0.2) is 144 Å². The normalized spacial score (nSPS) is 36.3. The van der Waals surface area contributed by atoms with E-state index in [4.69, 9.17) is 38.9 Å². The minimum absolute atomic E-state index is 0.0665. The van der Waals surface area contributed by atoms with E-state index in [2.05, 4.69) is 17.9 Å². The smallest absolute Gasteiger partial charge is 0.329 e. The molecule has 2 aliphatic rings. The van der Waals surface area contributed by atoms with Crippen LogP contribution < -0.4 is 5.32 Å². The van der Waals surface area contributed by atoms with Crippen molar-refractivity contribution in [1.82, 2.24) is 5.32 Å². The number of methoxy groups -OCH3 is 1. The van der Waals surface area contributed by atoms with Crippen LogP contribution in [0.3, 0.4) is 0 Å². The van der Waals surface area contributed by atoms with E-state index in [0.29, 0.717) is 0 Å². The van der Waals surface area contributed by atoms with Gasteiger partial charge in [-0.3, -0.25) is 10.2 Å². The van der Waals surface area contributed by atoms with Crippen LogP contribution in [0.2, 0.25) is 0 Å². The number of aliphatic hydroxyl groups excluding tert-OH is 4. The Morgan fingerprint density at radius 1 is 1.11 bits per heavy atom. The van der Waals surface area contributed by atoms with Gasteiger partial charge in [0.05, 0.1) is 25.9 Å². The van der Waals surface area contributed by atoms with E-state index < -0.39 is 92.9 Å². The SMILES string of the molecule is COC1C(CO)OC(OC2C(CO)OC(C)C(OCC(=O)O)C2O)C(NC(=O)CC(CS)COC=N)C1O. The zero-order chi connectivity index (χ0) is 28.4. The molecular formula is C22H38N2O13S. The Bertz CT molecular complexity index is 765. The topological polar surface area (TPSA) is 227 Å². The first-order valence-corrected chi connectivity index (χ1v) is 12.7. The van der Waals surface area contributed by atoms with Gasteiger partial charge in [0.25, 0.3) is 0 Å². The molecule has 1 amide bonds. The number of carbonyl (C=O) groups is 2. The van der Waals surface area contributed by atoms with Crippen molar-refractivity contribution in [1.29, 1.82) is 5.41 Å². The number of carboxylic acids is 1. The number of hydrogen-bond donors (Lipinski definition) is 8. The second-order valence-electron chi connectivity index (χ2n) is 9.04. The van der Waals surface area contributed by atoms with Crippen molar-refractivity contribution in [3.63, 3.8) is 0 Å². The van der Waals surface area contributed by atoms with Crippen LogP contribution in [-0.2, 0) is 38.0 Å². The fourth-order valence-electron chi connectivity index (χ4n) is 4.48. The van der Waals surface area contributed by atoms with E-state index in [9.17, 15) is 30.0 Å². The first kappa shape index (κ1) is 32.6. The highest BCUT2D eigenvalue weighted by atomic mass is 32.1. The fourth-order valence-corrected chi connectivity index (χ4v) is 4.72. The molecule has 0 aromatic heterocycles. The lowest BCUT2D eigenvalue weighted by molar-refractivity contribution is -0.325. The van der Waals surface area contributed by atoms with Crippen molar-refractivity contribution in [3.8, 4) is 0 Å². The van der Waals surface area contributed by atoms with Gasteiger partial charge in [0.1, 0.15) is 55.4 Å². The molecule has 0 spiro atoms. The molecule has 2 rings (SSSR count). The summed E-state index contributed by atoms with van der Waals surface area (Å²) < 4.78 is 32.9. The van der Waals surface area contributed by atoms with E-state index in [1.165, 1.54) is 14.0 Å². The van der Waals surface area contributed by atoms with Crippen LogP contribution in [0.4, 0.5) is 0 Å². The van der Waals surface area contributed by atoms with E-state index in [1.54, 1.807) is 0 Å². The summed E-state index contributed by atoms with van der Waals surface area (Å²) in [4.78, 5) is 23.8. The number of rotatable bonds is 15. The lowest BCUT2D eigenvalue weighted by atomic mass is 9.93. The maximum Gasteiger partial charge on any atom is 0.329 e. The third-order valence-corrected chi connectivity index (χ3v) is 6.88. The highest BCUT2D eigenvalue weighted by Gasteiger charge is 2.51. The Morgan fingerprint density at radius 3 is 2.32 bits per heavy atom. The first-order valence-electron chi connectivity index (χ1n) is 12.0. The Kier molecular flexibility index (Phi) is 13.6. The Labute approximate surface area is 225 Å². The summed E-state index contributed by atoms with van der Waals surface area (Å²) in [6.07, 6.45) is -10.2. The summed E-state index contributed by atoms with van der Waals surface area (Å²) in [6.45, 7) is -0.294. The van der Waals surface area contributed by atoms with Crippen LogP contribution in [0.5, 0.6) is 0 Å². The minimum Gasteiger partial charge on any atom is -0.483 e. The van der Waals surface area contributed by atoms with Gasteiger partial charge in [-0.15, -0.1) is 0 Å². The summed E-state index contributed by atoms with van der Waals surface area (Å²) in [6, 6.07) is -1.26. The number of thiol groups is 1. The second-order valence-corrected chi connectivity index (χ2v) is 9.40. The second kappa shape index (κ2) is 15.9. The summed E-state index contributed by atoms with van der Waals surface area (Å²) in [5, 5.41) is 60.2. The van der Waals surface area contributed by atoms with E-state index in [1.807, 2.05) is 0 Å². The largest absolute Gasteiger partial charge is 0.483 e. The summed E-state index contributed by atoms with van der Waals surface area (Å²) in [7, 11) is 1.29. The van der Waals surface area contributed by atoms with Crippen molar-refractivity contribution in [2.45, 2.75) is 74.5 Å². The van der Waals surface area contributed by atoms with Crippen molar-refractivity contribution < 1.29 is 63.5 Å². The van der Waals surface area contributed by atoms with Gasteiger partial charge in [0.15, 0.2) is 12.7 Å². The van der Waals surface area contributed by atoms with Crippen molar-refractivity contribution in [3.05, 3.63) is 0 Å². The molecule has 11 unspecified atom stereocenters. The molecule has 7 N–H and O–H groups in total. The third-order valence-electron chi connectivity index (χ3n) is 6.36. The van der Waals surface area contributed by atoms with E-state index in [-0.39, 0.29) is 24.7 Å². The number of aliphatic hydroxyl groups is 4. The van der Waals surface area contributed by atoms with E-state index in [0.717, 1.165) is 6.40 Å². The Hall–Kier alpha value is -1.60. The maximum atomic E-state index is 12.8. The molecule has 2 aliphatic heterocycles. The molecule has 0 aromatic rings. The van der Waals surface area contributed by atoms with Crippen LogP contribution in [0.25, 0.3) is 0 Å². The molecule has 11 atom stereocenters. The molecule has 220 valence electrons. The average molecular weight is 571 g/mol. The number of amides is 1. The zero-order valence-electron chi connectivity index (χ0n) is 21.1. The lowest BCUT2D eigenvalue weighted by Gasteiger charge is -2.48. The molecule has 0 bridgehead atoms. The van der Waals surface area contributed by atoms with Crippen molar-refractivity contribution >= 4 is 30.9 Å². The molecule has 0 radical (unpaired) electrons. The van der Waals surface area contributed by atoms with E-state index >= 15 is 0 Å². The summed E-state index contributed by atoms with van der Waals surface area (Å²) in [5.41, 5.74) is 0. The highest BCUT2D eigenvalue weighted by molar-refractivity contribution is 7.80. The minimum atomic E-state index is -1.49. The molecule has 0 aliphatic carbocycles. The van der Waals surface area contributed by atoms with Gasteiger partial charge in [-0.2, -0.15) is 12.6 Å². The molecular weight excluding hydrogens is 532 g/mol. The zero-order valence-corrected chi connectivity index (χ0v) is 22.0. The quantitative estimate of drug-likeness (QED) is 0.0563. The number of carboxylic acid groups (broad SMARTS) is 1. The predicted molar refractivity (Wildman–Crippen MR) is 131 cm³/mol. The van der Waals surface area contributed by atoms with Gasteiger partial charge in [-0.25, -0.2) is 4.79 Å². The van der Waals surface area contributed by atoms with Crippen LogP contribution in [0.1, 0.15) is 13.3 Å². The van der Waals surface area contributed by atoms with Crippen molar-refractivity contribution in [2.24, 2.45) is 5.92 Å².